The molecule has 2 atom stereocenters. The second-order valence-electron chi connectivity index (χ2n) is 5.43. The molecule has 3 rings (SSSR count). The lowest BCUT2D eigenvalue weighted by Gasteiger charge is -2.28. The molecule has 2 unspecified atom stereocenters. The highest BCUT2D eigenvalue weighted by Crippen LogP contribution is 2.32. The molecule has 0 aliphatic carbocycles. The number of amides is 1. The number of hydrogen-bond acceptors (Lipinski definition) is 3. The van der Waals surface area contributed by atoms with Crippen LogP contribution in [0.25, 0.3) is 0 Å². The first-order valence-corrected chi connectivity index (χ1v) is 7.87. The van der Waals surface area contributed by atoms with Crippen LogP contribution < -0.4 is 10.1 Å². The molecular formula is C15H19BrN2O2. The van der Waals surface area contributed by atoms with Gasteiger partial charge in [0.05, 0.1) is 12.7 Å². The largest absolute Gasteiger partial charge is 0.496 e. The Hall–Kier alpha value is -1.07. The number of methoxy groups -OCH3 is 1. The third-order valence-electron chi connectivity index (χ3n) is 4.28. The molecule has 108 valence electrons. The molecule has 1 aromatic rings. The molecule has 2 bridgehead atoms. The van der Waals surface area contributed by atoms with E-state index in [9.17, 15) is 4.79 Å². The van der Waals surface area contributed by atoms with Gasteiger partial charge in [0.1, 0.15) is 5.75 Å². The SMILES string of the molecule is COc1cc(Br)ccc1C(=O)N1C2CCNCC1CC2. The summed E-state index contributed by atoms with van der Waals surface area (Å²) in [5.74, 6) is 0.742. The monoisotopic (exact) mass is 338 g/mol. The Labute approximate surface area is 127 Å². The quantitative estimate of drug-likeness (QED) is 0.900. The Morgan fingerprint density at radius 2 is 2.15 bits per heavy atom. The topological polar surface area (TPSA) is 41.6 Å². The number of hydrogen-bond donors (Lipinski definition) is 1. The van der Waals surface area contributed by atoms with Crippen molar-refractivity contribution in [2.45, 2.75) is 31.3 Å². The molecule has 5 heteroatoms. The summed E-state index contributed by atoms with van der Waals surface area (Å²) in [7, 11) is 1.61. The molecule has 2 fully saturated rings. The van der Waals surface area contributed by atoms with Crippen molar-refractivity contribution >= 4 is 21.8 Å². The maximum atomic E-state index is 12.9. The van der Waals surface area contributed by atoms with E-state index in [1.54, 1.807) is 7.11 Å². The van der Waals surface area contributed by atoms with Crippen LogP contribution in [0.2, 0.25) is 0 Å². The summed E-state index contributed by atoms with van der Waals surface area (Å²) in [6.45, 7) is 1.91. The van der Waals surface area contributed by atoms with E-state index in [1.807, 2.05) is 18.2 Å². The first kappa shape index (κ1) is 13.9. The average Bonchev–Trinajstić information content (AvgIpc) is 2.71. The van der Waals surface area contributed by atoms with Crippen LogP contribution in [0.1, 0.15) is 29.6 Å². The number of carbonyl (C=O) groups is 1. The molecule has 1 aromatic carbocycles. The minimum Gasteiger partial charge on any atom is -0.496 e. The molecule has 0 spiro atoms. The Balaban J connectivity index is 1.92. The van der Waals surface area contributed by atoms with Gasteiger partial charge >= 0.3 is 0 Å². The van der Waals surface area contributed by atoms with E-state index in [2.05, 4.69) is 26.1 Å². The van der Waals surface area contributed by atoms with Gasteiger partial charge in [0, 0.05) is 23.1 Å². The fourth-order valence-corrected chi connectivity index (χ4v) is 3.63. The lowest BCUT2D eigenvalue weighted by atomic mass is 10.1. The van der Waals surface area contributed by atoms with Gasteiger partial charge in [0.15, 0.2) is 0 Å². The zero-order valence-corrected chi connectivity index (χ0v) is 13.1. The summed E-state index contributed by atoms with van der Waals surface area (Å²) in [5.41, 5.74) is 0.662. The Bertz CT molecular complexity index is 507. The summed E-state index contributed by atoms with van der Waals surface area (Å²) < 4.78 is 6.29. The number of carbonyl (C=O) groups excluding carboxylic acids is 1. The predicted molar refractivity (Wildman–Crippen MR) is 81.2 cm³/mol. The van der Waals surface area contributed by atoms with E-state index in [0.29, 0.717) is 23.4 Å². The summed E-state index contributed by atoms with van der Waals surface area (Å²) in [6, 6.07) is 6.29. The molecule has 2 aliphatic rings. The van der Waals surface area contributed by atoms with Gasteiger partial charge in [-0.3, -0.25) is 4.79 Å². The maximum Gasteiger partial charge on any atom is 0.258 e. The van der Waals surface area contributed by atoms with Gasteiger partial charge in [0.25, 0.3) is 5.91 Å². The van der Waals surface area contributed by atoms with Crippen molar-refractivity contribution < 1.29 is 9.53 Å². The minimum atomic E-state index is 0.102. The molecule has 4 nitrogen and oxygen atoms in total. The van der Waals surface area contributed by atoms with Gasteiger partial charge in [-0.05, 0) is 44.0 Å². The van der Waals surface area contributed by atoms with Gasteiger partial charge in [-0.25, -0.2) is 0 Å². The lowest BCUT2D eigenvalue weighted by Crippen LogP contribution is -2.42. The number of benzene rings is 1. The zero-order chi connectivity index (χ0) is 14.1. The van der Waals surface area contributed by atoms with E-state index in [1.165, 1.54) is 0 Å². The smallest absolute Gasteiger partial charge is 0.258 e. The van der Waals surface area contributed by atoms with Crippen molar-refractivity contribution in [3.05, 3.63) is 28.2 Å². The third-order valence-corrected chi connectivity index (χ3v) is 4.78. The van der Waals surface area contributed by atoms with Gasteiger partial charge in [-0.15, -0.1) is 0 Å². The number of nitrogens with zero attached hydrogens (tertiary/aromatic N) is 1. The number of nitrogens with one attached hydrogen (secondary N) is 1. The van der Waals surface area contributed by atoms with Crippen LogP contribution in [0.4, 0.5) is 0 Å². The van der Waals surface area contributed by atoms with Crippen molar-refractivity contribution in [2.24, 2.45) is 0 Å². The van der Waals surface area contributed by atoms with Crippen molar-refractivity contribution in [1.82, 2.24) is 10.2 Å². The van der Waals surface area contributed by atoms with Gasteiger partial charge in [-0.2, -0.15) is 0 Å². The normalized spacial score (nSPS) is 25.4. The first-order valence-electron chi connectivity index (χ1n) is 7.07. The Morgan fingerprint density at radius 3 is 2.95 bits per heavy atom. The van der Waals surface area contributed by atoms with Crippen molar-refractivity contribution in [1.29, 1.82) is 0 Å². The molecule has 2 saturated heterocycles. The number of halogens is 1. The van der Waals surface area contributed by atoms with E-state index in [0.717, 1.165) is 36.8 Å². The highest BCUT2D eigenvalue weighted by Gasteiger charge is 2.39. The molecule has 1 amide bonds. The second-order valence-corrected chi connectivity index (χ2v) is 6.35. The molecule has 0 radical (unpaired) electrons. The summed E-state index contributed by atoms with van der Waals surface area (Å²) >= 11 is 3.42. The molecule has 20 heavy (non-hydrogen) atoms. The van der Waals surface area contributed by atoms with Crippen LogP contribution in [0, 0.1) is 0 Å². The van der Waals surface area contributed by atoms with Gasteiger partial charge < -0.3 is 15.0 Å². The highest BCUT2D eigenvalue weighted by atomic mass is 79.9. The predicted octanol–water partition coefficient (Wildman–Crippen LogP) is 2.42. The summed E-state index contributed by atoms with van der Waals surface area (Å²) in [4.78, 5) is 15.0. The maximum absolute atomic E-state index is 12.9. The Morgan fingerprint density at radius 1 is 1.35 bits per heavy atom. The zero-order valence-electron chi connectivity index (χ0n) is 11.6. The van der Waals surface area contributed by atoms with Crippen LogP contribution >= 0.6 is 15.9 Å². The average molecular weight is 339 g/mol. The highest BCUT2D eigenvalue weighted by molar-refractivity contribution is 9.10. The number of rotatable bonds is 2. The van der Waals surface area contributed by atoms with E-state index < -0.39 is 0 Å². The molecule has 0 aromatic heterocycles. The number of fused-ring (bicyclic) bond motifs is 2. The van der Waals surface area contributed by atoms with Crippen LogP contribution in [-0.2, 0) is 0 Å². The van der Waals surface area contributed by atoms with Crippen LogP contribution in [-0.4, -0.2) is 43.1 Å². The fraction of sp³-hybridized carbons (Fsp3) is 0.533. The first-order chi connectivity index (χ1) is 9.70. The Kier molecular flexibility index (Phi) is 3.98. The second kappa shape index (κ2) is 5.74. The van der Waals surface area contributed by atoms with E-state index in [-0.39, 0.29) is 5.91 Å². The van der Waals surface area contributed by atoms with Crippen LogP contribution in [0.5, 0.6) is 5.75 Å². The van der Waals surface area contributed by atoms with Gasteiger partial charge in [0.2, 0.25) is 0 Å². The standard InChI is InChI=1S/C15H19BrN2O2/c1-20-14-8-10(16)2-5-13(14)15(19)18-11-3-4-12(18)9-17-7-6-11/h2,5,8,11-12,17H,3-4,6-7,9H2,1H3. The molecule has 2 aliphatic heterocycles. The van der Waals surface area contributed by atoms with E-state index in [4.69, 9.17) is 4.74 Å². The van der Waals surface area contributed by atoms with E-state index >= 15 is 0 Å². The molecule has 2 heterocycles. The minimum absolute atomic E-state index is 0.102. The lowest BCUT2D eigenvalue weighted by molar-refractivity contribution is 0.0677. The number of ether oxygens (including phenoxy) is 1. The third kappa shape index (κ3) is 2.44. The van der Waals surface area contributed by atoms with Crippen molar-refractivity contribution in [3.8, 4) is 5.75 Å². The molecular weight excluding hydrogens is 320 g/mol. The summed E-state index contributed by atoms with van der Waals surface area (Å²) in [6.07, 6.45) is 3.26. The molecule has 1 N–H and O–H groups in total. The van der Waals surface area contributed by atoms with Crippen molar-refractivity contribution in [3.63, 3.8) is 0 Å². The molecule has 0 saturated carbocycles. The van der Waals surface area contributed by atoms with Crippen LogP contribution in [0.15, 0.2) is 22.7 Å². The van der Waals surface area contributed by atoms with Crippen molar-refractivity contribution in [2.75, 3.05) is 20.2 Å². The fourth-order valence-electron chi connectivity index (χ4n) is 3.29. The van der Waals surface area contributed by atoms with Gasteiger partial charge in [-0.1, -0.05) is 15.9 Å². The van der Waals surface area contributed by atoms with Crippen LogP contribution in [0.3, 0.4) is 0 Å². The summed E-state index contributed by atoms with van der Waals surface area (Å²) in [5, 5.41) is 3.42.